The zero-order valence-electron chi connectivity index (χ0n) is 10.2. The van der Waals surface area contributed by atoms with Crippen molar-refractivity contribution in [3.63, 3.8) is 0 Å². The molecule has 0 radical (unpaired) electrons. The van der Waals surface area contributed by atoms with Crippen LogP contribution < -0.4 is 0 Å². The van der Waals surface area contributed by atoms with Crippen LogP contribution in [0, 0.1) is 5.92 Å². The number of carboxylic acids is 1. The summed E-state index contributed by atoms with van der Waals surface area (Å²) in [4.78, 5) is 26.3. The minimum atomic E-state index is -0.781. The van der Waals surface area contributed by atoms with Crippen molar-refractivity contribution in [2.24, 2.45) is 5.92 Å². The first kappa shape index (κ1) is 11.8. The summed E-state index contributed by atoms with van der Waals surface area (Å²) in [5.74, 6) is -0.652. The molecule has 18 heavy (non-hydrogen) atoms. The molecular formula is C12H18N2O4. The van der Waals surface area contributed by atoms with Gasteiger partial charge in [0, 0.05) is 32.1 Å². The van der Waals surface area contributed by atoms with Crippen LogP contribution in [0.1, 0.15) is 19.3 Å². The molecule has 2 unspecified atom stereocenters. The lowest BCUT2D eigenvalue weighted by Gasteiger charge is -2.43. The molecule has 3 rings (SSSR count). The Labute approximate surface area is 105 Å². The smallest absolute Gasteiger partial charge is 0.320 e. The van der Waals surface area contributed by atoms with Crippen molar-refractivity contribution in [2.75, 3.05) is 26.2 Å². The maximum absolute atomic E-state index is 12.2. The molecule has 3 fully saturated rings. The molecule has 6 nitrogen and oxygen atoms in total. The standard InChI is InChI=1S/C12H18N2O4/c15-11(16)3-8-4-13(5-8)12(17)14-6-9-1-2-10(7-14)18-9/h8-10H,1-7H2,(H,15,16). The van der Waals surface area contributed by atoms with E-state index < -0.39 is 5.97 Å². The van der Waals surface area contributed by atoms with E-state index in [2.05, 4.69) is 0 Å². The van der Waals surface area contributed by atoms with Gasteiger partial charge in [-0.05, 0) is 12.8 Å². The van der Waals surface area contributed by atoms with Crippen molar-refractivity contribution < 1.29 is 19.4 Å². The predicted molar refractivity (Wildman–Crippen MR) is 62.2 cm³/mol. The molecule has 1 N–H and O–H groups in total. The summed E-state index contributed by atoms with van der Waals surface area (Å²) in [5, 5.41) is 8.67. The average Bonchev–Trinajstić information content (AvgIpc) is 2.61. The minimum Gasteiger partial charge on any atom is -0.481 e. The number of nitrogens with zero attached hydrogens (tertiary/aromatic N) is 2. The van der Waals surface area contributed by atoms with Crippen LogP contribution in [0.3, 0.4) is 0 Å². The summed E-state index contributed by atoms with van der Waals surface area (Å²) in [6.07, 6.45) is 2.69. The number of urea groups is 1. The van der Waals surface area contributed by atoms with Gasteiger partial charge >= 0.3 is 12.0 Å². The van der Waals surface area contributed by atoms with Gasteiger partial charge in [-0.1, -0.05) is 0 Å². The van der Waals surface area contributed by atoms with E-state index in [4.69, 9.17) is 9.84 Å². The van der Waals surface area contributed by atoms with Crippen LogP contribution in [-0.4, -0.2) is 65.3 Å². The van der Waals surface area contributed by atoms with E-state index in [9.17, 15) is 9.59 Å². The van der Waals surface area contributed by atoms with E-state index >= 15 is 0 Å². The van der Waals surface area contributed by atoms with Crippen LogP contribution in [0.4, 0.5) is 4.79 Å². The van der Waals surface area contributed by atoms with E-state index in [0.29, 0.717) is 26.2 Å². The Bertz CT molecular complexity index is 355. The third-order valence-corrected chi connectivity index (χ3v) is 4.01. The number of hydrogen-bond donors (Lipinski definition) is 1. The number of fused-ring (bicyclic) bond motifs is 2. The van der Waals surface area contributed by atoms with Gasteiger partial charge in [-0.2, -0.15) is 0 Å². The number of ether oxygens (including phenoxy) is 1. The van der Waals surface area contributed by atoms with Crippen molar-refractivity contribution in [2.45, 2.75) is 31.5 Å². The van der Waals surface area contributed by atoms with Gasteiger partial charge < -0.3 is 19.6 Å². The third-order valence-electron chi connectivity index (χ3n) is 4.01. The zero-order valence-corrected chi connectivity index (χ0v) is 10.2. The van der Waals surface area contributed by atoms with Crippen molar-refractivity contribution in [1.29, 1.82) is 0 Å². The SMILES string of the molecule is O=C(O)CC1CN(C(=O)N2CC3CCC(C2)O3)C1. The largest absolute Gasteiger partial charge is 0.481 e. The van der Waals surface area contributed by atoms with E-state index in [1.54, 1.807) is 4.90 Å². The number of carbonyl (C=O) groups is 2. The molecule has 3 aliphatic rings. The maximum atomic E-state index is 12.2. The van der Waals surface area contributed by atoms with Gasteiger partial charge in [0.2, 0.25) is 0 Å². The van der Waals surface area contributed by atoms with E-state index in [1.807, 2.05) is 4.90 Å². The first-order chi connectivity index (χ1) is 8.61. The molecule has 0 saturated carbocycles. The van der Waals surface area contributed by atoms with Gasteiger partial charge in [-0.25, -0.2) is 4.79 Å². The molecule has 100 valence electrons. The number of carboxylic acid groups (broad SMARTS) is 1. The quantitative estimate of drug-likeness (QED) is 0.773. The second-order valence-corrected chi connectivity index (χ2v) is 5.51. The number of morpholine rings is 1. The van der Waals surface area contributed by atoms with Gasteiger partial charge in [0.1, 0.15) is 0 Å². The van der Waals surface area contributed by atoms with Gasteiger partial charge in [0.05, 0.1) is 18.6 Å². The molecule has 0 aromatic heterocycles. The molecule has 2 amide bonds. The van der Waals surface area contributed by atoms with Gasteiger partial charge in [0.15, 0.2) is 0 Å². The fourth-order valence-corrected chi connectivity index (χ4v) is 3.07. The van der Waals surface area contributed by atoms with Crippen LogP contribution in [0.15, 0.2) is 0 Å². The second-order valence-electron chi connectivity index (χ2n) is 5.51. The first-order valence-corrected chi connectivity index (χ1v) is 6.53. The van der Waals surface area contributed by atoms with Crippen LogP contribution >= 0.6 is 0 Å². The average molecular weight is 254 g/mol. The van der Waals surface area contributed by atoms with Crippen LogP contribution in [0.25, 0.3) is 0 Å². The molecule has 3 heterocycles. The third kappa shape index (κ3) is 2.16. The van der Waals surface area contributed by atoms with E-state index in [1.165, 1.54) is 0 Å². The lowest BCUT2D eigenvalue weighted by atomic mass is 9.97. The van der Waals surface area contributed by atoms with Crippen LogP contribution in [0.2, 0.25) is 0 Å². The molecule has 3 saturated heterocycles. The molecule has 0 spiro atoms. The predicted octanol–water partition coefficient (Wildman–Crippen LogP) is 0.376. The molecule has 0 aromatic rings. The molecule has 6 heteroatoms. The van der Waals surface area contributed by atoms with Gasteiger partial charge in [0.25, 0.3) is 0 Å². The maximum Gasteiger partial charge on any atom is 0.320 e. The second kappa shape index (κ2) is 4.42. The van der Waals surface area contributed by atoms with Gasteiger partial charge in [-0.3, -0.25) is 4.79 Å². The number of rotatable bonds is 2. The topological polar surface area (TPSA) is 70.1 Å². The van der Waals surface area contributed by atoms with Crippen molar-refractivity contribution in [3.05, 3.63) is 0 Å². The fraction of sp³-hybridized carbons (Fsp3) is 0.833. The van der Waals surface area contributed by atoms with Crippen LogP contribution in [-0.2, 0) is 9.53 Å². The minimum absolute atomic E-state index is 0.0526. The highest BCUT2D eigenvalue weighted by Crippen LogP contribution is 2.28. The Morgan fingerprint density at radius 3 is 2.17 bits per heavy atom. The summed E-state index contributed by atoms with van der Waals surface area (Å²) < 4.78 is 5.69. The van der Waals surface area contributed by atoms with Crippen LogP contribution in [0.5, 0.6) is 0 Å². The normalized spacial score (nSPS) is 31.3. The zero-order chi connectivity index (χ0) is 12.7. The van der Waals surface area contributed by atoms with E-state index in [-0.39, 0.29) is 30.6 Å². The Kier molecular flexibility index (Phi) is 2.89. The summed E-state index contributed by atoms with van der Waals surface area (Å²) >= 11 is 0. The number of aliphatic carboxylic acids is 1. The van der Waals surface area contributed by atoms with Crippen molar-refractivity contribution >= 4 is 12.0 Å². The highest BCUT2D eigenvalue weighted by atomic mass is 16.5. The molecule has 0 aromatic carbocycles. The van der Waals surface area contributed by atoms with E-state index in [0.717, 1.165) is 12.8 Å². The number of amides is 2. The molecular weight excluding hydrogens is 236 g/mol. The fourth-order valence-electron chi connectivity index (χ4n) is 3.07. The Hall–Kier alpha value is -1.30. The Morgan fingerprint density at radius 2 is 1.61 bits per heavy atom. The summed E-state index contributed by atoms with van der Waals surface area (Å²) in [6, 6.07) is 0.0526. The summed E-state index contributed by atoms with van der Waals surface area (Å²) in [7, 11) is 0. The monoisotopic (exact) mass is 254 g/mol. The van der Waals surface area contributed by atoms with Gasteiger partial charge in [-0.15, -0.1) is 0 Å². The number of hydrogen-bond acceptors (Lipinski definition) is 3. The summed E-state index contributed by atoms with van der Waals surface area (Å²) in [5.41, 5.74) is 0. The number of likely N-dealkylation sites (tertiary alicyclic amines) is 2. The highest BCUT2D eigenvalue weighted by Gasteiger charge is 2.40. The van der Waals surface area contributed by atoms with Crippen molar-refractivity contribution in [3.8, 4) is 0 Å². The molecule has 3 aliphatic heterocycles. The number of carbonyl (C=O) groups excluding carboxylic acids is 1. The highest BCUT2D eigenvalue weighted by molar-refractivity contribution is 5.76. The molecule has 0 aliphatic carbocycles. The van der Waals surface area contributed by atoms with Crippen molar-refractivity contribution in [1.82, 2.24) is 9.80 Å². The lowest BCUT2D eigenvalue weighted by Crippen LogP contribution is -2.58. The first-order valence-electron chi connectivity index (χ1n) is 6.53. The molecule has 2 bridgehead atoms. The Balaban J connectivity index is 1.49. The summed E-state index contributed by atoms with van der Waals surface area (Å²) in [6.45, 7) is 2.54. The molecule has 2 atom stereocenters. The Morgan fingerprint density at radius 1 is 1.06 bits per heavy atom. The lowest BCUT2D eigenvalue weighted by molar-refractivity contribution is -0.139.